The van der Waals surface area contributed by atoms with Gasteiger partial charge in [0, 0.05) is 32.7 Å². The average molecular weight is 436 g/mol. The molecule has 0 aromatic heterocycles. The highest BCUT2D eigenvalue weighted by atomic mass is 16.3. The molecule has 5 atom stereocenters. The summed E-state index contributed by atoms with van der Waals surface area (Å²) >= 11 is 0. The number of nitrogens with zero attached hydrogens (tertiary/aromatic N) is 3. The molecule has 0 amide bonds. The molecule has 182 valence electrons. The molecule has 8 nitrogen and oxygen atoms in total. The van der Waals surface area contributed by atoms with Gasteiger partial charge in [-0.3, -0.25) is 9.80 Å². The van der Waals surface area contributed by atoms with Crippen LogP contribution in [0, 0.1) is 0 Å². The largest absolute Gasteiger partial charge is 0.392 e. The molecule has 0 spiro atoms. The van der Waals surface area contributed by atoms with Crippen LogP contribution >= 0.6 is 0 Å². The van der Waals surface area contributed by atoms with E-state index in [0.29, 0.717) is 32.7 Å². The van der Waals surface area contributed by atoms with Crippen molar-refractivity contribution in [2.75, 3.05) is 58.9 Å². The van der Waals surface area contributed by atoms with E-state index in [2.05, 4.69) is 14.7 Å². The molecule has 0 saturated heterocycles. The molecule has 0 aliphatic heterocycles. The van der Waals surface area contributed by atoms with Crippen LogP contribution in [-0.4, -0.2) is 130 Å². The van der Waals surface area contributed by atoms with Crippen molar-refractivity contribution in [2.45, 2.75) is 84.4 Å². The molecule has 0 aliphatic rings. The van der Waals surface area contributed by atoms with Crippen LogP contribution in [0.2, 0.25) is 0 Å². The Labute approximate surface area is 184 Å². The van der Waals surface area contributed by atoms with Crippen molar-refractivity contribution >= 4 is 0 Å². The quantitative estimate of drug-likeness (QED) is 0.180. The Hall–Kier alpha value is -0.320. The van der Waals surface area contributed by atoms with E-state index in [-0.39, 0.29) is 0 Å². The van der Waals surface area contributed by atoms with E-state index in [9.17, 15) is 25.5 Å². The molecule has 5 unspecified atom stereocenters. The van der Waals surface area contributed by atoms with Crippen molar-refractivity contribution in [1.29, 1.82) is 0 Å². The zero-order valence-electron chi connectivity index (χ0n) is 19.9. The summed E-state index contributed by atoms with van der Waals surface area (Å²) in [7, 11) is 0. The van der Waals surface area contributed by atoms with Crippen LogP contribution < -0.4 is 0 Å². The number of rotatable bonds is 19. The molecule has 0 aromatic carbocycles. The summed E-state index contributed by atoms with van der Waals surface area (Å²) in [5.41, 5.74) is 0. The second-order valence-corrected chi connectivity index (χ2v) is 9.13. The second kappa shape index (κ2) is 17.3. The van der Waals surface area contributed by atoms with Gasteiger partial charge in [0.05, 0.1) is 30.5 Å². The number of hydrogen-bond donors (Lipinski definition) is 5. The van der Waals surface area contributed by atoms with Gasteiger partial charge in [-0.25, -0.2) is 0 Å². The minimum atomic E-state index is -0.427. The van der Waals surface area contributed by atoms with Crippen LogP contribution in [-0.2, 0) is 0 Å². The third-order valence-electron chi connectivity index (χ3n) is 4.76. The minimum Gasteiger partial charge on any atom is -0.392 e. The maximum atomic E-state index is 9.83. The summed E-state index contributed by atoms with van der Waals surface area (Å²) < 4.78 is 0. The van der Waals surface area contributed by atoms with E-state index >= 15 is 0 Å². The normalized spacial score (nSPS) is 17.5. The van der Waals surface area contributed by atoms with Gasteiger partial charge in [-0.15, -0.1) is 0 Å². The Morgan fingerprint density at radius 3 is 0.967 bits per heavy atom. The van der Waals surface area contributed by atoms with Gasteiger partial charge >= 0.3 is 0 Å². The van der Waals surface area contributed by atoms with E-state index in [1.165, 1.54) is 0 Å². The number of aliphatic hydroxyl groups excluding tert-OH is 5. The summed E-state index contributed by atoms with van der Waals surface area (Å²) in [6.45, 7) is 15.0. The van der Waals surface area contributed by atoms with Gasteiger partial charge in [-0.1, -0.05) is 0 Å². The van der Waals surface area contributed by atoms with Gasteiger partial charge < -0.3 is 30.4 Å². The zero-order chi connectivity index (χ0) is 23.1. The summed E-state index contributed by atoms with van der Waals surface area (Å²) in [6, 6.07) is 0. The third kappa shape index (κ3) is 18.4. The molecule has 0 aromatic rings. The predicted molar refractivity (Wildman–Crippen MR) is 122 cm³/mol. The summed E-state index contributed by atoms with van der Waals surface area (Å²) in [5, 5.41) is 48.4. The molecule has 0 fully saturated rings. The smallest absolute Gasteiger partial charge is 0.0639 e. The Bertz CT molecular complexity index is 375. The molecule has 0 bridgehead atoms. The Kier molecular flexibility index (Phi) is 17.1. The summed E-state index contributed by atoms with van der Waals surface area (Å²) in [6.07, 6.45) is 0.774. The molecule has 0 aliphatic carbocycles. The van der Waals surface area contributed by atoms with E-state index in [1.807, 2.05) is 0 Å². The first-order chi connectivity index (χ1) is 14.0. The van der Waals surface area contributed by atoms with Gasteiger partial charge in [0.25, 0.3) is 0 Å². The molecule has 0 saturated carbocycles. The lowest BCUT2D eigenvalue weighted by atomic mass is 10.2. The lowest BCUT2D eigenvalue weighted by Gasteiger charge is -2.28. The van der Waals surface area contributed by atoms with Gasteiger partial charge in [0.15, 0.2) is 0 Å². The van der Waals surface area contributed by atoms with Gasteiger partial charge in [-0.05, 0) is 80.1 Å². The Morgan fingerprint density at radius 2 is 0.633 bits per heavy atom. The maximum absolute atomic E-state index is 9.83. The first kappa shape index (κ1) is 29.7. The van der Waals surface area contributed by atoms with Crippen molar-refractivity contribution in [3.05, 3.63) is 0 Å². The first-order valence-corrected chi connectivity index (χ1v) is 11.6. The van der Waals surface area contributed by atoms with Crippen molar-refractivity contribution in [1.82, 2.24) is 14.7 Å². The topological polar surface area (TPSA) is 111 Å². The highest BCUT2D eigenvalue weighted by molar-refractivity contribution is 4.69. The molecule has 0 radical (unpaired) electrons. The monoisotopic (exact) mass is 435 g/mol. The average Bonchev–Trinajstić information content (AvgIpc) is 2.55. The predicted octanol–water partition coefficient (Wildman–Crippen LogP) is -0.0333. The van der Waals surface area contributed by atoms with Crippen molar-refractivity contribution in [2.24, 2.45) is 0 Å². The fourth-order valence-corrected chi connectivity index (χ4v) is 3.87. The lowest BCUT2D eigenvalue weighted by Crippen LogP contribution is -2.39. The molecule has 0 heterocycles. The van der Waals surface area contributed by atoms with Crippen molar-refractivity contribution in [3.63, 3.8) is 0 Å². The molecule has 5 N–H and O–H groups in total. The van der Waals surface area contributed by atoms with Crippen LogP contribution in [0.4, 0.5) is 0 Å². The highest BCUT2D eigenvalue weighted by Gasteiger charge is 2.14. The third-order valence-corrected chi connectivity index (χ3v) is 4.76. The van der Waals surface area contributed by atoms with Crippen LogP contribution in [0.5, 0.6) is 0 Å². The summed E-state index contributed by atoms with van der Waals surface area (Å²) in [4.78, 5) is 6.44. The van der Waals surface area contributed by atoms with Crippen LogP contribution in [0.25, 0.3) is 0 Å². The van der Waals surface area contributed by atoms with E-state index in [4.69, 9.17) is 0 Å². The van der Waals surface area contributed by atoms with Crippen LogP contribution in [0.3, 0.4) is 0 Å². The fourth-order valence-electron chi connectivity index (χ4n) is 3.87. The Morgan fingerprint density at radius 1 is 0.400 bits per heavy atom. The molecule has 30 heavy (non-hydrogen) atoms. The Balaban J connectivity index is 4.43. The van der Waals surface area contributed by atoms with E-state index in [0.717, 1.165) is 45.4 Å². The standard InChI is InChI=1S/C22H49N3O5/c1-18(26)13-23(11-8-12-25(16-21(4)29)17-22(5)30)9-6-7-10-24(14-19(2)27)15-20(3)28/h18-22,26-30H,6-17H2,1-5H3. The highest BCUT2D eigenvalue weighted by Crippen LogP contribution is 2.05. The van der Waals surface area contributed by atoms with Crippen molar-refractivity contribution in [3.8, 4) is 0 Å². The first-order valence-electron chi connectivity index (χ1n) is 11.6. The van der Waals surface area contributed by atoms with Gasteiger partial charge in [0.1, 0.15) is 0 Å². The molecule has 8 heteroatoms. The zero-order valence-corrected chi connectivity index (χ0v) is 19.9. The van der Waals surface area contributed by atoms with Crippen LogP contribution in [0.1, 0.15) is 53.9 Å². The molecular weight excluding hydrogens is 386 g/mol. The lowest BCUT2D eigenvalue weighted by molar-refractivity contribution is 0.0754. The molecule has 0 rings (SSSR count). The number of unbranched alkanes of at least 4 members (excludes halogenated alkanes) is 1. The second-order valence-electron chi connectivity index (χ2n) is 9.13. The van der Waals surface area contributed by atoms with Gasteiger partial charge in [-0.2, -0.15) is 0 Å². The van der Waals surface area contributed by atoms with Gasteiger partial charge in [0.2, 0.25) is 0 Å². The number of hydrogen-bond acceptors (Lipinski definition) is 8. The van der Waals surface area contributed by atoms with Crippen LogP contribution in [0.15, 0.2) is 0 Å². The molecular formula is C22H49N3O5. The minimum absolute atomic E-state index is 0.391. The van der Waals surface area contributed by atoms with E-state index < -0.39 is 30.5 Å². The van der Waals surface area contributed by atoms with E-state index in [1.54, 1.807) is 34.6 Å². The number of aliphatic hydroxyl groups is 5. The van der Waals surface area contributed by atoms with Crippen molar-refractivity contribution < 1.29 is 25.5 Å². The SMILES string of the molecule is CC(O)CN(CCCCN(CC(C)O)CC(C)O)CCCN(CC(C)O)CC(C)O. The summed E-state index contributed by atoms with van der Waals surface area (Å²) in [5.74, 6) is 0. The maximum Gasteiger partial charge on any atom is 0.0639 e. The fraction of sp³-hybridized carbons (Fsp3) is 1.00.